The Kier molecular flexibility index (Phi) is 4.77. The van der Waals surface area contributed by atoms with E-state index in [9.17, 15) is 4.39 Å². The average Bonchev–Trinajstić information content (AvgIpc) is 2.39. The summed E-state index contributed by atoms with van der Waals surface area (Å²) in [5.41, 5.74) is 1.42. The van der Waals surface area contributed by atoms with Crippen LogP contribution in [0.5, 0.6) is 0 Å². The van der Waals surface area contributed by atoms with Crippen LogP contribution in [0.15, 0.2) is 47.6 Å². The van der Waals surface area contributed by atoms with Gasteiger partial charge in [0.2, 0.25) is 0 Å². The Bertz CT molecular complexity index is 564. The molecule has 0 N–H and O–H groups in total. The molecule has 0 aliphatic heterocycles. The lowest BCUT2D eigenvalue weighted by atomic mass is 10.2. The van der Waals surface area contributed by atoms with E-state index >= 15 is 0 Å². The van der Waals surface area contributed by atoms with Crippen molar-refractivity contribution in [3.8, 4) is 0 Å². The van der Waals surface area contributed by atoms with Gasteiger partial charge in [0.05, 0.1) is 6.21 Å². The first-order chi connectivity index (χ1) is 9.16. The molecule has 2 nitrogen and oxygen atoms in total. The van der Waals surface area contributed by atoms with Crippen LogP contribution in [0.3, 0.4) is 0 Å². The van der Waals surface area contributed by atoms with Gasteiger partial charge in [-0.25, -0.2) is 4.39 Å². The molecule has 0 bridgehead atoms. The molecule has 0 amide bonds. The Balaban J connectivity index is 1.95. The molecule has 0 atom stereocenters. The number of hydrogen-bond donors (Lipinski definition) is 0. The summed E-state index contributed by atoms with van der Waals surface area (Å²) in [6.45, 7) is 0.177. The summed E-state index contributed by atoms with van der Waals surface area (Å²) >= 11 is 12.0. The Morgan fingerprint density at radius 1 is 1.05 bits per heavy atom. The van der Waals surface area contributed by atoms with E-state index in [1.165, 1.54) is 18.3 Å². The first-order valence-electron chi connectivity index (χ1n) is 5.50. The quantitative estimate of drug-likeness (QED) is 0.593. The highest BCUT2D eigenvalue weighted by molar-refractivity contribution is 6.35. The summed E-state index contributed by atoms with van der Waals surface area (Å²) in [6, 6.07) is 11.1. The average molecular weight is 298 g/mol. The second-order valence-electron chi connectivity index (χ2n) is 3.76. The molecule has 0 heterocycles. The van der Waals surface area contributed by atoms with Crippen LogP contribution in [-0.2, 0) is 11.4 Å². The van der Waals surface area contributed by atoms with Crippen LogP contribution < -0.4 is 0 Å². The van der Waals surface area contributed by atoms with E-state index in [-0.39, 0.29) is 12.4 Å². The molecule has 2 aromatic carbocycles. The minimum atomic E-state index is -0.291. The first-order valence-corrected chi connectivity index (χ1v) is 6.26. The normalized spacial score (nSPS) is 10.9. The van der Waals surface area contributed by atoms with Gasteiger partial charge in [0.25, 0.3) is 0 Å². The summed E-state index contributed by atoms with van der Waals surface area (Å²) in [5.74, 6) is -0.291. The lowest BCUT2D eigenvalue weighted by molar-refractivity contribution is 0.132. The third-order valence-corrected chi connectivity index (χ3v) is 3.13. The van der Waals surface area contributed by atoms with E-state index in [0.29, 0.717) is 15.6 Å². The maximum Gasteiger partial charge on any atom is 0.145 e. The largest absolute Gasteiger partial charge is 0.391 e. The molecule has 0 aromatic heterocycles. The highest BCUT2D eigenvalue weighted by Crippen LogP contribution is 2.24. The summed E-state index contributed by atoms with van der Waals surface area (Å²) in [6.07, 6.45) is 1.49. The topological polar surface area (TPSA) is 21.6 Å². The lowest BCUT2D eigenvalue weighted by Crippen LogP contribution is -1.91. The van der Waals surface area contributed by atoms with Gasteiger partial charge in [-0.1, -0.05) is 46.6 Å². The second-order valence-corrected chi connectivity index (χ2v) is 4.57. The number of rotatable bonds is 4. The van der Waals surface area contributed by atoms with E-state index in [4.69, 9.17) is 28.0 Å². The minimum Gasteiger partial charge on any atom is -0.391 e. The highest BCUT2D eigenvalue weighted by Gasteiger charge is 2.04. The summed E-state index contributed by atoms with van der Waals surface area (Å²) < 4.78 is 12.7. The predicted octanol–water partition coefficient (Wildman–Crippen LogP) is 4.68. The molecule has 0 saturated carbocycles. The van der Waals surface area contributed by atoms with Crippen LogP contribution in [0.25, 0.3) is 0 Å². The van der Waals surface area contributed by atoms with E-state index in [1.54, 1.807) is 30.3 Å². The van der Waals surface area contributed by atoms with E-state index in [2.05, 4.69) is 5.16 Å². The molecule has 0 radical (unpaired) electrons. The summed E-state index contributed by atoms with van der Waals surface area (Å²) in [4.78, 5) is 5.12. The van der Waals surface area contributed by atoms with Crippen LogP contribution in [0, 0.1) is 5.82 Å². The number of benzene rings is 2. The lowest BCUT2D eigenvalue weighted by Gasteiger charge is -2.04. The summed E-state index contributed by atoms with van der Waals surface area (Å²) in [7, 11) is 0. The van der Waals surface area contributed by atoms with Crippen molar-refractivity contribution in [1.82, 2.24) is 0 Å². The van der Waals surface area contributed by atoms with Gasteiger partial charge in [-0.15, -0.1) is 0 Å². The summed E-state index contributed by atoms with van der Waals surface area (Å²) in [5, 5.41) is 4.85. The standard InChI is InChI=1S/C14H10Cl2FNO/c15-13-2-1-3-14(16)12(13)9-19-18-8-10-4-6-11(17)7-5-10/h1-8H,9H2. The molecule has 0 aliphatic carbocycles. The van der Waals surface area contributed by atoms with Crippen LogP contribution in [0.4, 0.5) is 4.39 Å². The van der Waals surface area contributed by atoms with Crippen molar-refractivity contribution >= 4 is 29.4 Å². The van der Waals surface area contributed by atoms with Crippen LogP contribution >= 0.6 is 23.2 Å². The fourth-order valence-corrected chi connectivity index (χ4v) is 1.93. The number of oxime groups is 1. The van der Waals surface area contributed by atoms with Gasteiger partial charge in [-0.05, 0) is 29.8 Å². The van der Waals surface area contributed by atoms with Gasteiger partial charge in [0.1, 0.15) is 12.4 Å². The molecule has 0 saturated heterocycles. The highest BCUT2D eigenvalue weighted by atomic mass is 35.5. The number of hydrogen-bond acceptors (Lipinski definition) is 2. The van der Waals surface area contributed by atoms with Crippen molar-refractivity contribution < 1.29 is 9.23 Å². The maximum atomic E-state index is 12.7. The predicted molar refractivity (Wildman–Crippen MR) is 75.2 cm³/mol. The fourth-order valence-electron chi connectivity index (χ4n) is 1.42. The Morgan fingerprint density at radius 3 is 2.32 bits per heavy atom. The van der Waals surface area contributed by atoms with Crippen molar-refractivity contribution in [3.63, 3.8) is 0 Å². The van der Waals surface area contributed by atoms with Crippen LogP contribution in [0.2, 0.25) is 10.0 Å². The molecule has 98 valence electrons. The van der Waals surface area contributed by atoms with Gasteiger partial charge in [0, 0.05) is 15.6 Å². The minimum absolute atomic E-state index is 0.177. The molecule has 2 rings (SSSR count). The third-order valence-electron chi connectivity index (χ3n) is 2.42. The third kappa shape index (κ3) is 3.94. The van der Waals surface area contributed by atoms with E-state index in [0.717, 1.165) is 5.56 Å². The Morgan fingerprint density at radius 2 is 1.68 bits per heavy atom. The molecule has 0 aliphatic rings. The fraction of sp³-hybridized carbons (Fsp3) is 0.0714. The smallest absolute Gasteiger partial charge is 0.145 e. The Labute approximate surface area is 120 Å². The van der Waals surface area contributed by atoms with E-state index < -0.39 is 0 Å². The molecule has 0 fully saturated rings. The zero-order valence-corrected chi connectivity index (χ0v) is 11.3. The second kappa shape index (κ2) is 6.55. The van der Waals surface area contributed by atoms with Crippen molar-refractivity contribution in [2.45, 2.75) is 6.61 Å². The van der Waals surface area contributed by atoms with Gasteiger partial charge < -0.3 is 4.84 Å². The SMILES string of the molecule is Fc1ccc(C=NOCc2c(Cl)cccc2Cl)cc1. The van der Waals surface area contributed by atoms with E-state index in [1.807, 2.05) is 0 Å². The van der Waals surface area contributed by atoms with Gasteiger partial charge in [0.15, 0.2) is 0 Å². The van der Waals surface area contributed by atoms with Gasteiger partial charge in [-0.2, -0.15) is 0 Å². The zero-order chi connectivity index (χ0) is 13.7. The maximum absolute atomic E-state index is 12.7. The number of halogens is 3. The number of nitrogens with zero attached hydrogens (tertiary/aromatic N) is 1. The molecule has 5 heteroatoms. The van der Waals surface area contributed by atoms with Crippen molar-refractivity contribution in [3.05, 3.63) is 69.5 Å². The molecule has 0 spiro atoms. The van der Waals surface area contributed by atoms with Crippen molar-refractivity contribution in [2.75, 3.05) is 0 Å². The van der Waals surface area contributed by atoms with Crippen molar-refractivity contribution in [1.29, 1.82) is 0 Å². The molecule has 0 unspecified atom stereocenters. The Hall–Kier alpha value is -1.58. The molecular weight excluding hydrogens is 288 g/mol. The first kappa shape index (κ1) is 13.8. The van der Waals surface area contributed by atoms with Crippen LogP contribution in [-0.4, -0.2) is 6.21 Å². The van der Waals surface area contributed by atoms with Crippen molar-refractivity contribution in [2.24, 2.45) is 5.16 Å². The van der Waals surface area contributed by atoms with Crippen LogP contribution in [0.1, 0.15) is 11.1 Å². The molecular formula is C14H10Cl2FNO. The monoisotopic (exact) mass is 297 g/mol. The zero-order valence-electron chi connectivity index (χ0n) is 9.82. The van der Waals surface area contributed by atoms with Gasteiger partial charge in [-0.3, -0.25) is 0 Å². The van der Waals surface area contributed by atoms with Gasteiger partial charge >= 0.3 is 0 Å². The molecule has 2 aromatic rings. The molecule has 19 heavy (non-hydrogen) atoms.